The van der Waals surface area contributed by atoms with Crippen LogP contribution in [0.3, 0.4) is 0 Å². The first-order valence-corrected chi connectivity index (χ1v) is 8.01. The Balaban J connectivity index is 2.03. The molecule has 0 saturated carbocycles. The third kappa shape index (κ3) is 3.27. The van der Waals surface area contributed by atoms with Gasteiger partial charge in [0.15, 0.2) is 0 Å². The number of aryl methyl sites for hydroxylation is 1. The zero-order chi connectivity index (χ0) is 17.3. The van der Waals surface area contributed by atoms with E-state index in [1.165, 1.54) is 5.56 Å². The van der Waals surface area contributed by atoms with Gasteiger partial charge in [-0.05, 0) is 35.6 Å². The van der Waals surface area contributed by atoms with E-state index in [0.717, 1.165) is 27.9 Å². The number of benzene rings is 1. The standard InChI is InChI=1S/C20H22N4/c1-13-9-16(12-23-24-13)18-10-15(11-22-19(18)21)14-5-7-17(8-6-14)20(2,3)4/h5-12H,1-4H3,(H2,21,22). The Bertz CT molecular complexity index is 862. The van der Waals surface area contributed by atoms with Crippen LogP contribution in [-0.2, 0) is 5.41 Å². The molecule has 2 aromatic heterocycles. The number of rotatable bonds is 2. The normalized spacial score (nSPS) is 11.5. The van der Waals surface area contributed by atoms with E-state index in [2.05, 4.69) is 66.3 Å². The summed E-state index contributed by atoms with van der Waals surface area (Å²) in [4.78, 5) is 4.36. The number of hydrogen-bond donors (Lipinski definition) is 1. The molecule has 122 valence electrons. The van der Waals surface area contributed by atoms with E-state index >= 15 is 0 Å². The van der Waals surface area contributed by atoms with Crippen LogP contribution in [-0.4, -0.2) is 15.2 Å². The molecule has 0 spiro atoms. The number of nitrogens with two attached hydrogens (primary N) is 1. The highest BCUT2D eigenvalue weighted by atomic mass is 15.1. The molecule has 0 saturated heterocycles. The highest BCUT2D eigenvalue weighted by molar-refractivity contribution is 5.79. The smallest absolute Gasteiger partial charge is 0.131 e. The van der Waals surface area contributed by atoms with Crippen LogP contribution in [0.5, 0.6) is 0 Å². The average molecular weight is 318 g/mol. The van der Waals surface area contributed by atoms with Crippen molar-refractivity contribution in [2.75, 3.05) is 5.73 Å². The van der Waals surface area contributed by atoms with E-state index in [1.807, 2.05) is 19.2 Å². The predicted octanol–water partition coefficient (Wildman–Crippen LogP) is 4.39. The van der Waals surface area contributed by atoms with Crippen LogP contribution < -0.4 is 5.73 Å². The van der Waals surface area contributed by atoms with Gasteiger partial charge >= 0.3 is 0 Å². The lowest BCUT2D eigenvalue weighted by Gasteiger charge is -2.19. The number of anilines is 1. The predicted molar refractivity (Wildman–Crippen MR) is 98.5 cm³/mol. The first-order chi connectivity index (χ1) is 11.3. The second-order valence-electron chi connectivity index (χ2n) is 7.07. The third-order valence-corrected chi connectivity index (χ3v) is 4.09. The molecule has 0 amide bonds. The maximum absolute atomic E-state index is 6.07. The molecule has 0 aliphatic rings. The van der Waals surface area contributed by atoms with Gasteiger partial charge in [0.2, 0.25) is 0 Å². The Morgan fingerprint density at radius 2 is 1.58 bits per heavy atom. The van der Waals surface area contributed by atoms with Crippen molar-refractivity contribution in [1.29, 1.82) is 0 Å². The molecule has 0 atom stereocenters. The molecular weight excluding hydrogens is 296 g/mol. The molecule has 4 heteroatoms. The molecule has 0 bridgehead atoms. The van der Waals surface area contributed by atoms with Crippen molar-refractivity contribution in [3.8, 4) is 22.3 Å². The topological polar surface area (TPSA) is 64.7 Å². The van der Waals surface area contributed by atoms with Gasteiger partial charge in [-0.25, -0.2) is 4.98 Å². The Kier molecular flexibility index (Phi) is 4.06. The molecule has 0 fully saturated rings. The highest BCUT2D eigenvalue weighted by Gasteiger charge is 2.14. The van der Waals surface area contributed by atoms with Crippen LogP contribution >= 0.6 is 0 Å². The van der Waals surface area contributed by atoms with Gasteiger partial charge in [-0.3, -0.25) is 0 Å². The molecule has 24 heavy (non-hydrogen) atoms. The largest absolute Gasteiger partial charge is 0.383 e. The van der Waals surface area contributed by atoms with E-state index in [0.29, 0.717) is 5.82 Å². The van der Waals surface area contributed by atoms with Gasteiger partial charge in [-0.2, -0.15) is 10.2 Å². The molecule has 2 N–H and O–H groups in total. The fourth-order valence-electron chi connectivity index (χ4n) is 2.65. The lowest BCUT2D eigenvalue weighted by Crippen LogP contribution is -2.10. The molecule has 2 heterocycles. The number of aromatic nitrogens is 3. The molecule has 0 aliphatic carbocycles. The summed E-state index contributed by atoms with van der Waals surface area (Å²) in [7, 11) is 0. The van der Waals surface area contributed by atoms with Crippen LogP contribution in [0.4, 0.5) is 5.82 Å². The second-order valence-corrected chi connectivity index (χ2v) is 7.07. The van der Waals surface area contributed by atoms with Gasteiger partial charge in [-0.1, -0.05) is 45.0 Å². The van der Waals surface area contributed by atoms with Gasteiger partial charge in [0.05, 0.1) is 11.9 Å². The first-order valence-electron chi connectivity index (χ1n) is 8.01. The molecule has 3 aromatic rings. The lowest BCUT2D eigenvalue weighted by atomic mass is 9.86. The van der Waals surface area contributed by atoms with Gasteiger partial charge in [-0.15, -0.1) is 0 Å². The third-order valence-electron chi connectivity index (χ3n) is 4.09. The quantitative estimate of drug-likeness (QED) is 0.761. The molecule has 0 radical (unpaired) electrons. The number of hydrogen-bond acceptors (Lipinski definition) is 4. The van der Waals surface area contributed by atoms with Crippen molar-refractivity contribution >= 4 is 5.82 Å². The lowest BCUT2D eigenvalue weighted by molar-refractivity contribution is 0.590. The number of nitrogen functional groups attached to an aromatic ring is 1. The van der Waals surface area contributed by atoms with E-state index < -0.39 is 0 Å². The van der Waals surface area contributed by atoms with Gasteiger partial charge in [0.1, 0.15) is 5.82 Å². The van der Waals surface area contributed by atoms with Crippen molar-refractivity contribution in [3.05, 3.63) is 60.0 Å². The maximum atomic E-state index is 6.07. The van der Waals surface area contributed by atoms with Crippen molar-refractivity contribution in [3.63, 3.8) is 0 Å². The summed E-state index contributed by atoms with van der Waals surface area (Å²) in [6, 6.07) is 12.6. The maximum Gasteiger partial charge on any atom is 0.131 e. The van der Waals surface area contributed by atoms with E-state index in [-0.39, 0.29) is 5.41 Å². The van der Waals surface area contributed by atoms with Crippen LogP contribution in [0.25, 0.3) is 22.3 Å². The van der Waals surface area contributed by atoms with E-state index in [1.54, 1.807) is 6.20 Å². The highest BCUT2D eigenvalue weighted by Crippen LogP contribution is 2.30. The minimum atomic E-state index is 0.142. The van der Waals surface area contributed by atoms with Crippen molar-refractivity contribution in [2.24, 2.45) is 0 Å². The summed E-state index contributed by atoms with van der Waals surface area (Å²) in [6.07, 6.45) is 3.53. The van der Waals surface area contributed by atoms with E-state index in [4.69, 9.17) is 5.73 Å². The molecule has 3 rings (SSSR count). The summed E-state index contributed by atoms with van der Waals surface area (Å²) in [5.41, 5.74) is 12.3. The Labute approximate surface area is 142 Å². The fraction of sp³-hybridized carbons (Fsp3) is 0.250. The zero-order valence-corrected chi connectivity index (χ0v) is 14.5. The molecule has 0 aliphatic heterocycles. The Morgan fingerprint density at radius 3 is 2.21 bits per heavy atom. The van der Waals surface area contributed by atoms with E-state index in [9.17, 15) is 0 Å². The zero-order valence-electron chi connectivity index (χ0n) is 14.5. The molecule has 0 unspecified atom stereocenters. The molecular formula is C20H22N4. The Hall–Kier alpha value is -2.75. The van der Waals surface area contributed by atoms with Crippen LogP contribution in [0.2, 0.25) is 0 Å². The number of nitrogens with zero attached hydrogens (tertiary/aromatic N) is 3. The van der Waals surface area contributed by atoms with Crippen LogP contribution in [0, 0.1) is 6.92 Å². The SMILES string of the molecule is Cc1cc(-c2cc(-c3ccc(C(C)(C)C)cc3)cnc2N)cnn1. The van der Waals surface area contributed by atoms with Crippen molar-refractivity contribution < 1.29 is 0 Å². The summed E-state index contributed by atoms with van der Waals surface area (Å²) < 4.78 is 0. The summed E-state index contributed by atoms with van der Waals surface area (Å²) >= 11 is 0. The minimum Gasteiger partial charge on any atom is -0.383 e. The Morgan fingerprint density at radius 1 is 0.875 bits per heavy atom. The number of pyridine rings is 1. The molecule has 4 nitrogen and oxygen atoms in total. The van der Waals surface area contributed by atoms with Crippen molar-refractivity contribution in [1.82, 2.24) is 15.2 Å². The van der Waals surface area contributed by atoms with Crippen LogP contribution in [0.15, 0.2) is 48.8 Å². The summed E-state index contributed by atoms with van der Waals surface area (Å²) in [6.45, 7) is 8.55. The monoisotopic (exact) mass is 318 g/mol. The van der Waals surface area contributed by atoms with Gasteiger partial charge < -0.3 is 5.73 Å². The first kappa shape index (κ1) is 16.1. The minimum absolute atomic E-state index is 0.142. The van der Waals surface area contributed by atoms with Gasteiger partial charge in [0.25, 0.3) is 0 Å². The van der Waals surface area contributed by atoms with Crippen LogP contribution in [0.1, 0.15) is 32.0 Å². The average Bonchev–Trinajstić information content (AvgIpc) is 2.54. The molecule has 1 aromatic carbocycles. The van der Waals surface area contributed by atoms with Gasteiger partial charge in [0, 0.05) is 22.9 Å². The summed E-state index contributed by atoms with van der Waals surface area (Å²) in [5.74, 6) is 0.498. The second kappa shape index (κ2) is 6.04. The summed E-state index contributed by atoms with van der Waals surface area (Å²) in [5, 5.41) is 8.01. The fourth-order valence-corrected chi connectivity index (χ4v) is 2.65. The van der Waals surface area contributed by atoms with Crippen molar-refractivity contribution in [2.45, 2.75) is 33.1 Å².